The molecule has 0 aliphatic rings. The minimum absolute atomic E-state index is 0.0824. The number of thioether (sulfide) groups is 1. The Morgan fingerprint density at radius 2 is 2.04 bits per heavy atom. The van der Waals surface area contributed by atoms with Crippen LogP contribution in [0.2, 0.25) is 0 Å². The first-order valence-electron chi connectivity index (χ1n) is 7.66. The lowest BCUT2D eigenvalue weighted by Crippen LogP contribution is -2.30. The van der Waals surface area contributed by atoms with Gasteiger partial charge in [0.1, 0.15) is 5.82 Å². The zero-order valence-corrected chi connectivity index (χ0v) is 14.3. The van der Waals surface area contributed by atoms with E-state index in [2.05, 4.69) is 15.3 Å². The molecule has 0 spiro atoms. The van der Waals surface area contributed by atoms with Crippen LogP contribution in [0.3, 0.4) is 0 Å². The van der Waals surface area contributed by atoms with Crippen molar-refractivity contribution in [3.63, 3.8) is 0 Å². The summed E-state index contributed by atoms with van der Waals surface area (Å²) in [4.78, 5) is 19.9. The highest BCUT2D eigenvalue weighted by Gasteiger charge is 2.16. The van der Waals surface area contributed by atoms with E-state index >= 15 is 0 Å². The number of nitrogens with one attached hydrogen (secondary N) is 2. The van der Waals surface area contributed by atoms with E-state index in [9.17, 15) is 9.18 Å². The molecule has 124 valence electrons. The Morgan fingerprint density at radius 3 is 2.79 bits per heavy atom. The topological polar surface area (TPSA) is 57.8 Å². The van der Waals surface area contributed by atoms with Gasteiger partial charge in [-0.3, -0.25) is 4.79 Å². The van der Waals surface area contributed by atoms with E-state index in [1.54, 1.807) is 12.1 Å². The van der Waals surface area contributed by atoms with E-state index in [4.69, 9.17) is 0 Å². The van der Waals surface area contributed by atoms with Gasteiger partial charge in [-0.2, -0.15) is 0 Å². The minimum Gasteiger partial charge on any atom is -0.351 e. The van der Waals surface area contributed by atoms with Crippen molar-refractivity contribution in [1.82, 2.24) is 15.3 Å². The zero-order valence-electron chi connectivity index (χ0n) is 13.5. The highest BCUT2D eigenvalue weighted by Crippen LogP contribution is 2.24. The lowest BCUT2D eigenvalue weighted by molar-refractivity contribution is -0.120. The maximum Gasteiger partial charge on any atom is 0.233 e. The predicted octanol–water partition coefficient (Wildman–Crippen LogP) is 3.81. The summed E-state index contributed by atoms with van der Waals surface area (Å²) >= 11 is 1.38. The van der Waals surface area contributed by atoms with Crippen molar-refractivity contribution in [2.75, 3.05) is 0 Å². The minimum atomic E-state index is -0.285. The van der Waals surface area contributed by atoms with E-state index in [0.29, 0.717) is 6.54 Å². The number of aryl methyl sites for hydroxylation is 1. The van der Waals surface area contributed by atoms with Crippen LogP contribution in [-0.4, -0.2) is 21.1 Å². The molecule has 0 aliphatic carbocycles. The number of carbonyl (C=O) groups is 1. The lowest BCUT2D eigenvalue weighted by Gasteiger charge is -2.10. The number of hydrogen-bond acceptors (Lipinski definition) is 3. The predicted molar refractivity (Wildman–Crippen MR) is 94.4 cm³/mol. The molecule has 1 aromatic heterocycles. The Balaban J connectivity index is 1.59. The van der Waals surface area contributed by atoms with Crippen molar-refractivity contribution in [3.8, 4) is 0 Å². The highest BCUT2D eigenvalue weighted by molar-refractivity contribution is 8.00. The van der Waals surface area contributed by atoms with Crippen LogP contribution in [0.15, 0.2) is 47.6 Å². The molecule has 3 rings (SSSR count). The number of nitrogens with zero attached hydrogens (tertiary/aromatic N) is 1. The molecule has 4 nitrogen and oxygen atoms in total. The van der Waals surface area contributed by atoms with Crippen LogP contribution in [0.1, 0.15) is 18.1 Å². The average Bonchev–Trinajstić information content (AvgIpc) is 2.95. The Morgan fingerprint density at radius 1 is 1.29 bits per heavy atom. The number of halogens is 1. The van der Waals surface area contributed by atoms with Gasteiger partial charge in [0.05, 0.1) is 16.3 Å². The number of imidazole rings is 1. The molecule has 1 atom stereocenters. The van der Waals surface area contributed by atoms with Gasteiger partial charge in [-0.15, -0.1) is 0 Å². The quantitative estimate of drug-likeness (QED) is 0.693. The first-order chi connectivity index (χ1) is 11.5. The highest BCUT2D eigenvalue weighted by atomic mass is 32.2. The summed E-state index contributed by atoms with van der Waals surface area (Å²) in [6, 6.07) is 12.1. The molecule has 0 saturated carbocycles. The molecular weight excluding hydrogens is 325 g/mol. The summed E-state index contributed by atoms with van der Waals surface area (Å²) in [5.74, 6) is -0.366. The molecule has 2 N–H and O–H groups in total. The molecule has 6 heteroatoms. The van der Waals surface area contributed by atoms with Crippen molar-refractivity contribution < 1.29 is 9.18 Å². The van der Waals surface area contributed by atoms with Gasteiger partial charge in [-0.1, -0.05) is 30.0 Å². The number of aromatic amines is 1. The van der Waals surface area contributed by atoms with E-state index < -0.39 is 0 Å². The summed E-state index contributed by atoms with van der Waals surface area (Å²) < 4.78 is 12.9. The molecule has 0 aliphatic heterocycles. The van der Waals surface area contributed by atoms with Gasteiger partial charge in [0.2, 0.25) is 5.91 Å². The smallest absolute Gasteiger partial charge is 0.233 e. The molecule has 24 heavy (non-hydrogen) atoms. The van der Waals surface area contributed by atoms with Crippen LogP contribution in [0.4, 0.5) is 4.39 Å². The fourth-order valence-electron chi connectivity index (χ4n) is 2.31. The molecular formula is C18H18FN3OS. The molecule has 0 radical (unpaired) electrons. The SMILES string of the molecule is Cc1ccc2nc(SC(C)C(=O)NCc3ccc(F)cc3)[nH]c2c1. The Labute approximate surface area is 143 Å². The van der Waals surface area contributed by atoms with Crippen molar-refractivity contribution in [1.29, 1.82) is 0 Å². The lowest BCUT2D eigenvalue weighted by atomic mass is 10.2. The molecule has 1 heterocycles. The first kappa shape index (κ1) is 16.5. The molecule has 3 aromatic rings. The third-order valence-corrected chi connectivity index (χ3v) is 4.64. The first-order valence-corrected chi connectivity index (χ1v) is 8.54. The van der Waals surface area contributed by atoms with Gasteiger partial charge < -0.3 is 10.3 Å². The van der Waals surface area contributed by atoms with E-state index in [0.717, 1.165) is 27.3 Å². The summed E-state index contributed by atoms with van der Waals surface area (Å²) in [6.45, 7) is 4.24. The fourth-order valence-corrected chi connectivity index (χ4v) is 3.16. The van der Waals surface area contributed by atoms with Crippen LogP contribution in [-0.2, 0) is 11.3 Å². The van der Waals surface area contributed by atoms with Crippen LogP contribution >= 0.6 is 11.8 Å². The molecule has 1 unspecified atom stereocenters. The van der Waals surface area contributed by atoms with Gasteiger partial charge in [0, 0.05) is 6.54 Å². The zero-order chi connectivity index (χ0) is 17.1. The maximum atomic E-state index is 12.9. The summed E-state index contributed by atoms with van der Waals surface area (Å²) in [5, 5.41) is 3.29. The molecule has 0 saturated heterocycles. The Hall–Kier alpha value is -2.34. The number of rotatable bonds is 5. The number of benzene rings is 2. The standard InChI is InChI=1S/C18H18FN3OS/c1-11-3-8-15-16(9-11)22-18(21-15)24-12(2)17(23)20-10-13-4-6-14(19)7-5-13/h3-9,12H,10H2,1-2H3,(H,20,23)(H,21,22). The van der Waals surface area contributed by atoms with E-state index in [-0.39, 0.29) is 17.0 Å². The monoisotopic (exact) mass is 343 g/mol. The molecule has 1 amide bonds. The van der Waals surface area contributed by atoms with Crippen LogP contribution in [0.25, 0.3) is 11.0 Å². The van der Waals surface area contributed by atoms with Gasteiger partial charge in [0.25, 0.3) is 0 Å². The van der Waals surface area contributed by atoms with Gasteiger partial charge >= 0.3 is 0 Å². The van der Waals surface area contributed by atoms with Crippen LogP contribution in [0.5, 0.6) is 0 Å². The second kappa shape index (κ2) is 7.05. The summed E-state index contributed by atoms with van der Waals surface area (Å²) in [6.07, 6.45) is 0. The Bertz CT molecular complexity index is 860. The second-order valence-electron chi connectivity index (χ2n) is 5.67. The Kier molecular flexibility index (Phi) is 4.85. The van der Waals surface area contributed by atoms with Crippen LogP contribution in [0, 0.1) is 12.7 Å². The van der Waals surface area contributed by atoms with Crippen molar-refractivity contribution in [3.05, 3.63) is 59.4 Å². The van der Waals surface area contributed by atoms with E-state index in [1.807, 2.05) is 32.0 Å². The van der Waals surface area contributed by atoms with Crippen molar-refractivity contribution in [2.24, 2.45) is 0 Å². The average molecular weight is 343 g/mol. The number of fused-ring (bicyclic) bond motifs is 1. The van der Waals surface area contributed by atoms with Crippen molar-refractivity contribution in [2.45, 2.75) is 30.8 Å². The number of hydrogen-bond donors (Lipinski definition) is 2. The van der Waals surface area contributed by atoms with Crippen LogP contribution < -0.4 is 5.32 Å². The number of aromatic nitrogens is 2. The summed E-state index contributed by atoms with van der Waals surface area (Å²) in [5.41, 5.74) is 3.88. The van der Waals surface area contributed by atoms with Crippen molar-refractivity contribution >= 4 is 28.7 Å². The second-order valence-corrected chi connectivity index (χ2v) is 7.00. The van der Waals surface area contributed by atoms with Gasteiger partial charge in [-0.25, -0.2) is 9.37 Å². The third-order valence-electron chi connectivity index (χ3n) is 3.65. The number of amides is 1. The summed E-state index contributed by atoms with van der Waals surface area (Å²) in [7, 11) is 0. The fraction of sp³-hybridized carbons (Fsp3) is 0.222. The molecule has 2 aromatic carbocycles. The molecule has 0 bridgehead atoms. The normalized spacial score (nSPS) is 12.3. The van der Waals surface area contributed by atoms with Gasteiger partial charge in [0.15, 0.2) is 5.16 Å². The van der Waals surface area contributed by atoms with E-state index in [1.165, 1.54) is 23.9 Å². The largest absolute Gasteiger partial charge is 0.351 e. The van der Waals surface area contributed by atoms with Gasteiger partial charge in [-0.05, 0) is 49.2 Å². The molecule has 0 fully saturated rings. The number of H-pyrrole nitrogens is 1. The maximum absolute atomic E-state index is 12.9. The number of carbonyl (C=O) groups excluding carboxylic acids is 1. The third kappa shape index (κ3) is 3.94.